The Morgan fingerprint density at radius 2 is 1.83 bits per heavy atom. The van der Waals surface area contributed by atoms with E-state index in [-0.39, 0.29) is 11.7 Å². The van der Waals surface area contributed by atoms with Crippen molar-refractivity contribution < 1.29 is 5.11 Å². The largest absolute Gasteiger partial charge is 0.393 e. The first kappa shape index (κ1) is 17.0. The number of aromatic nitrogens is 2. The Labute approximate surface area is 143 Å². The second-order valence-corrected chi connectivity index (χ2v) is 6.89. The van der Waals surface area contributed by atoms with Crippen LogP contribution in [0.15, 0.2) is 35.1 Å². The number of nitrogens with zero attached hydrogens (tertiary/aromatic N) is 3. The number of hydrogen-bond acceptors (Lipinski definition) is 3. The van der Waals surface area contributed by atoms with Crippen molar-refractivity contribution in [3.8, 4) is 5.69 Å². The first-order chi connectivity index (χ1) is 11.5. The van der Waals surface area contributed by atoms with Crippen LogP contribution in [0, 0.1) is 12.8 Å². The van der Waals surface area contributed by atoms with E-state index in [1.165, 1.54) is 0 Å². The molecular weight excluding hydrogens is 302 g/mol. The predicted molar refractivity (Wildman–Crippen MR) is 95.4 cm³/mol. The number of piperidine rings is 1. The second-order valence-electron chi connectivity index (χ2n) is 6.89. The Morgan fingerprint density at radius 1 is 1.21 bits per heavy atom. The summed E-state index contributed by atoms with van der Waals surface area (Å²) in [6.45, 7) is 6.45. The molecule has 5 heteroatoms. The van der Waals surface area contributed by atoms with Crippen LogP contribution in [0.2, 0.25) is 0 Å². The summed E-state index contributed by atoms with van der Waals surface area (Å²) in [5, 5.41) is 9.73. The van der Waals surface area contributed by atoms with Gasteiger partial charge in [0.2, 0.25) is 0 Å². The summed E-state index contributed by atoms with van der Waals surface area (Å²) < 4.78 is 3.68. The maximum absolute atomic E-state index is 12.9. The Balaban J connectivity index is 1.82. The minimum absolute atomic E-state index is 0.0684. The van der Waals surface area contributed by atoms with Gasteiger partial charge in [-0.05, 0) is 57.8 Å². The minimum Gasteiger partial charge on any atom is -0.393 e. The quantitative estimate of drug-likeness (QED) is 0.934. The van der Waals surface area contributed by atoms with Crippen LogP contribution in [-0.4, -0.2) is 38.6 Å². The fraction of sp³-hybridized carbons (Fsp3) is 0.526. The molecule has 0 spiro atoms. The molecule has 0 amide bonds. The molecule has 1 aromatic carbocycles. The highest BCUT2D eigenvalue weighted by atomic mass is 16.3. The lowest BCUT2D eigenvalue weighted by Crippen LogP contribution is -2.37. The van der Waals surface area contributed by atoms with Crippen LogP contribution in [-0.2, 0) is 13.6 Å². The van der Waals surface area contributed by atoms with E-state index in [1.807, 2.05) is 55.9 Å². The minimum atomic E-state index is -0.235. The molecule has 1 fully saturated rings. The number of likely N-dealkylation sites (tertiary alicyclic amines) is 1. The van der Waals surface area contributed by atoms with Gasteiger partial charge in [0, 0.05) is 19.3 Å². The van der Waals surface area contributed by atoms with E-state index in [0.29, 0.717) is 12.5 Å². The van der Waals surface area contributed by atoms with Gasteiger partial charge in [0.1, 0.15) is 0 Å². The van der Waals surface area contributed by atoms with Gasteiger partial charge in [-0.2, -0.15) is 0 Å². The number of hydrogen-bond donors (Lipinski definition) is 1. The van der Waals surface area contributed by atoms with Gasteiger partial charge in [0.25, 0.3) is 5.56 Å². The third kappa shape index (κ3) is 3.19. The van der Waals surface area contributed by atoms with Crippen LogP contribution in [0.25, 0.3) is 5.69 Å². The monoisotopic (exact) mass is 329 g/mol. The molecule has 1 unspecified atom stereocenters. The fourth-order valence-electron chi connectivity index (χ4n) is 3.62. The molecule has 0 saturated carbocycles. The lowest BCUT2D eigenvalue weighted by atomic mass is 9.92. The number of para-hydroxylation sites is 1. The topological polar surface area (TPSA) is 50.4 Å². The number of benzene rings is 1. The zero-order valence-electron chi connectivity index (χ0n) is 14.8. The van der Waals surface area contributed by atoms with Gasteiger partial charge >= 0.3 is 0 Å². The van der Waals surface area contributed by atoms with Gasteiger partial charge in [0.15, 0.2) is 0 Å². The Kier molecular flexibility index (Phi) is 4.92. The lowest BCUT2D eigenvalue weighted by Gasteiger charge is -2.32. The van der Waals surface area contributed by atoms with Crippen LogP contribution >= 0.6 is 0 Å². The number of aliphatic hydroxyl groups excluding tert-OH is 1. The zero-order valence-corrected chi connectivity index (χ0v) is 14.8. The predicted octanol–water partition coefficient (Wildman–Crippen LogP) is 2.08. The van der Waals surface area contributed by atoms with Crippen molar-refractivity contribution in [1.29, 1.82) is 0 Å². The van der Waals surface area contributed by atoms with E-state index in [0.717, 1.165) is 42.9 Å². The SMILES string of the molecule is Cc1c(CN2CCC(C(C)O)CC2)c(=O)n(-c2ccccc2)n1C. The third-order valence-electron chi connectivity index (χ3n) is 5.37. The highest BCUT2D eigenvalue weighted by molar-refractivity contribution is 5.33. The summed E-state index contributed by atoms with van der Waals surface area (Å²) >= 11 is 0. The van der Waals surface area contributed by atoms with E-state index in [9.17, 15) is 9.90 Å². The van der Waals surface area contributed by atoms with E-state index in [1.54, 1.807) is 4.68 Å². The lowest BCUT2D eigenvalue weighted by molar-refractivity contribution is 0.0694. The molecule has 5 nitrogen and oxygen atoms in total. The average molecular weight is 329 g/mol. The first-order valence-corrected chi connectivity index (χ1v) is 8.72. The van der Waals surface area contributed by atoms with Crippen LogP contribution in [0.3, 0.4) is 0 Å². The molecule has 0 bridgehead atoms. The van der Waals surface area contributed by atoms with Gasteiger partial charge in [-0.15, -0.1) is 0 Å². The molecular formula is C19H27N3O2. The van der Waals surface area contributed by atoms with E-state index in [2.05, 4.69) is 4.90 Å². The third-order valence-corrected chi connectivity index (χ3v) is 5.37. The maximum atomic E-state index is 12.9. The average Bonchev–Trinajstić information content (AvgIpc) is 2.80. The maximum Gasteiger partial charge on any atom is 0.276 e. The molecule has 1 aromatic heterocycles. The number of aliphatic hydroxyl groups is 1. The molecule has 130 valence electrons. The first-order valence-electron chi connectivity index (χ1n) is 8.72. The van der Waals surface area contributed by atoms with Gasteiger partial charge < -0.3 is 5.11 Å². The van der Waals surface area contributed by atoms with Crippen LogP contribution in [0.5, 0.6) is 0 Å². The molecule has 1 aliphatic heterocycles. The summed E-state index contributed by atoms with van der Waals surface area (Å²) in [4.78, 5) is 15.3. The molecule has 1 saturated heterocycles. The van der Waals surface area contributed by atoms with Gasteiger partial charge in [0.05, 0.1) is 17.4 Å². The van der Waals surface area contributed by atoms with Gasteiger partial charge in [-0.1, -0.05) is 18.2 Å². The van der Waals surface area contributed by atoms with Crippen LogP contribution in [0.1, 0.15) is 31.0 Å². The number of rotatable bonds is 4. The van der Waals surface area contributed by atoms with E-state index >= 15 is 0 Å². The van der Waals surface area contributed by atoms with Crippen LogP contribution in [0.4, 0.5) is 0 Å². The second kappa shape index (κ2) is 6.95. The molecule has 1 atom stereocenters. The Morgan fingerprint density at radius 3 is 2.42 bits per heavy atom. The molecule has 24 heavy (non-hydrogen) atoms. The molecule has 1 aliphatic rings. The summed E-state index contributed by atoms with van der Waals surface area (Å²) in [7, 11) is 1.94. The van der Waals surface area contributed by atoms with Crippen LogP contribution < -0.4 is 5.56 Å². The summed E-state index contributed by atoms with van der Waals surface area (Å²) in [5.41, 5.74) is 2.85. The van der Waals surface area contributed by atoms with Crippen molar-refractivity contribution in [2.75, 3.05) is 13.1 Å². The zero-order chi connectivity index (χ0) is 17.3. The van der Waals surface area contributed by atoms with Crippen molar-refractivity contribution in [2.45, 2.75) is 39.3 Å². The van der Waals surface area contributed by atoms with Crippen molar-refractivity contribution in [3.05, 3.63) is 51.9 Å². The highest BCUT2D eigenvalue weighted by Gasteiger charge is 2.25. The highest BCUT2D eigenvalue weighted by Crippen LogP contribution is 2.22. The van der Waals surface area contributed by atoms with E-state index < -0.39 is 0 Å². The summed E-state index contributed by atoms with van der Waals surface area (Å²) in [6.07, 6.45) is 1.76. The fourth-order valence-corrected chi connectivity index (χ4v) is 3.62. The molecule has 0 radical (unpaired) electrons. The molecule has 2 heterocycles. The van der Waals surface area contributed by atoms with Crippen molar-refractivity contribution >= 4 is 0 Å². The standard InChI is InChI=1S/C19H27N3O2/c1-14-18(13-21-11-9-16(10-12-21)15(2)23)19(24)22(20(14)3)17-7-5-4-6-8-17/h4-8,15-16,23H,9-13H2,1-3H3. The smallest absolute Gasteiger partial charge is 0.276 e. The molecule has 0 aliphatic carbocycles. The molecule has 1 N–H and O–H groups in total. The van der Waals surface area contributed by atoms with Crippen molar-refractivity contribution in [2.24, 2.45) is 13.0 Å². The normalized spacial score (nSPS) is 18.0. The van der Waals surface area contributed by atoms with Gasteiger partial charge in [-0.3, -0.25) is 14.4 Å². The molecule has 3 rings (SSSR count). The van der Waals surface area contributed by atoms with Crippen molar-refractivity contribution in [1.82, 2.24) is 14.3 Å². The Bertz CT molecular complexity index is 738. The van der Waals surface area contributed by atoms with E-state index in [4.69, 9.17) is 0 Å². The summed E-state index contributed by atoms with van der Waals surface area (Å²) in [5.74, 6) is 0.388. The Hall–Kier alpha value is -1.85. The molecule has 2 aromatic rings. The summed E-state index contributed by atoms with van der Waals surface area (Å²) in [6, 6.07) is 9.77. The van der Waals surface area contributed by atoms with Crippen molar-refractivity contribution in [3.63, 3.8) is 0 Å². The van der Waals surface area contributed by atoms with Gasteiger partial charge in [-0.25, -0.2) is 4.68 Å².